The minimum Gasteiger partial charge on any atom is -0.507 e. The number of hydrogen-bond acceptors (Lipinski definition) is 4. The van der Waals surface area contributed by atoms with Crippen LogP contribution in [0.3, 0.4) is 0 Å². The second-order valence-electron chi connectivity index (χ2n) is 4.23. The number of imide groups is 1. The minimum absolute atomic E-state index is 0.0810. The number of rotatable bonds is 2. The molecule has 2 aromatic carbocycles. The standard InChI is InChI=1S/C14H12N2O4/c1-7(17)16-14(20)10-5-6-11(18)8-3-2-4-9(12(8)10)13(15)19/h2-6,18H,1H3,(H2,15,19)(H,16,17,20). The fraction of sp³-hybridized carbons (Fsp3) is 0.0714. The second kappa shape index (κ2) is 5.00. The maximum Gasteiger partial charge on any atom is 0.258 e. The number of phenolic OH excluding ortho intramolecular Hbond substituents is 1. The van der Waals surface area contributed by atoms with Crippen LogP contribution < -0.4 is 11.1 Å². The third kappa shape index (κ3) is 2.31. The van der Waals surface area contributed by atoms with Crippen molar-refractivity contribution in [2.45, 2.75) is 6.92 Å². The molecule has 0 atom stereocenters. The van der Waals surface area contributed by atoms with Gasteiger partial charge in [-0.25, -0.2) is 0 Å². The van der Waals surface area contributed by atoms with Crippen LogP contribution in [0.2, 0.25) is 0 Å². The van der Waals surface area contributed by atoms with Gasteiger partial charge in [0.25, 0.3) is 5.91 Å². The van der Waals surface area contributed by atoms with Gasteiger partial charge in [0.2, 0.25) is 11.8 Å². The number of benzene rings is 2. The number of phenols is 1. The molecule has 0 radical (unpaired) electrons. The lowest BCUT2D eigenvalue weighted by Crippen LogP contribution is -2.28. The number of fused-ring (bicyclic) bond motifs is 1. The summed E-state index contributed by atoms with van der Waals surface area (Å²) in [7, 11) is 0. The summed E-state index contributed by atoms with van der Waals surface area (Å²) in [5.41, 5.74) is 5.48. The molecule has 4 N–H and O–H groups in total. The summed E-state index contributed by atoms with van der Waals surface area (Å²) < 4.78 is 0. The molecule has 0 aliphatic heterocycles. The number of carbonyl (C=O) groups is 3. The first-order chi connectivity index (χ1) is 9.41. The lowest BCUT2D eigenvalue weighted by molar-refractivity contribution is -0.118. The van der Waals surface area contributed by atoms with Crippen LogP contribution >= 0.6 is 0 Å². The van der Waals surface area contributed by atoms with Crippen LogP contribution in [0.25, 0.3) is 10.8 Å². The van der Waals surface area contributed by atoms with Gasteiger partial charge in [0, 0.05) is 28.8 Å². The van der Waals surface area contributed by atoms with Gasteiger partial charge in [-0.2, -0.15) is 0 Å². The lowest BCUT2D eigenvalue weighted by Gasteiger charge is -2.10. The quantitative estimate of drug-likeness (QED) is 0.755. The van der Waals surface area contributed by atoms with Crippen molar-refractivity contribution in [1.82, 2.24) is 5.32 Å². The van der Waals surface area contributed by atoms with Crippen molar-refractivity contribution in [3.63, 3.8) is 0 Å². The van der Waals surface area contributed by atoms with Crippen LogP contribution in [-0.4, -0.2) is 22.8 Å². The van der Waals surface area contributed by atoms with Crippen molar-refractivity contribution in [3.05, 3.63) is 41.5 Å². The van der Waals surface area contributed by atoms with E-state index in [0.29, 0.717) is 5.39 Å². The van der Waals surface area contributed by atoms with E-state index < -0.39 is 17.7 Å². The van der Waals surface area contributed by atoms with E-state index in [1.165, 1.54) is 25.1 Å². The molecular formula is C14H12N2O4. The Hall–Kier alpha value is -2.89. The smallest absolute Gasteiger partial charge is 0.258 e. The minimum atomic E-state index is -0.724. The Kier molecular flexibility index (Phi) is 3.39. The molecule has 0 fully saturated rings. The zero-order valence-corrected chi connectivity index (χ0v) is 10.6. The molecule has 6 heteroatoms. The van der Waals surface area contributed by atoms with Gasteiger partial charge in [0.15, 0.2) is 0 Å². The molecule has 6 nitrogen and oxygen atoms in total. The van der Waals surface area contributed by atoms with Gasteiger partial charge in [-0.3, -0.25) is 19.7 Å². The fourth-order valence-electron chi connectivity index (χ4n) is 2.01. The summed E-state index contributed by atoms with van der Waals surface area (Å²) in [5, 5.41) is 12.5. The zero-order valence-electron chi connectivity index (χ0n) is 10.6. The number of amides is 3. The summed E-state index contributed by atoms with van der Waals surface area (Å²) in [4.78, 5) is 34.4. The van der Waals surface area contributed by atoms with E-state index in [1.54, 1.807) is 12.1 Å². The zero-order chi connectivity index (χ0) is 14.9. The number of nitrogens with one attached hydrogen (secondary N) is 1. The molecule has 0 saturated carbocycles. The molecule has 0 heterocycles. The lowest BCUT2D eigenvalue weighted by atomic mass is 9.97. The van der Waals surface area contributed by atoms with Crippen LogP contribution in [-0.2, 0) is 4.79 Å². The normalized spacial score (nSPS) is 10.2. The highest BCUT2D eigenvalue weighted by atomic mass is 16.3. The van der Waals surface area contributed by atoms with E-state index in [-0.39, 0.29) is 22.3 Å². The Morgan fingerprint density at radius 1 is 1.10 bits per heavy atom. The molecule has 0 unspecified atom stereocenters. The topological polar surface area (TPSA) is 109 Å². The summed E-state index contributed by atoms with van der Waals surface area (Å²) >= 11 is 0. The largest absolute Gasteiger partial charge is 0.507 e. The highest BCUT2D eigenvalue weighted by Crippen LogP contribution is 2.30. The predicted molar refractivity (Wildman–Crippen MR) is 72.3 cm³/mol. The Bertz CT molecular complexity index is 737. The Morgan fingerprint density at radius 3 is 2.40 bits per heavy atom. The van der Waals surface area contributed by atoms with E-state index in [9.17, 15) is 19.5 Å². The predicted octanol–water partition coefficient (Wildman–Crippen LogP) is 0.921. The van der Waals surface area contributed by atoms with E-state index in [0.717, 1.165) is 0 Å². The molecule has 0 saturated heterocycles. The van der Waals surface area contributed by atoms with Gasteiger partial charge in [-0.1, -0.05) is 12.1 Å². The van der Waals surface area contributed by atoms with Crippen molar-refractivity contribution in [2.24, 2.45) is 5.73 Å². The summed E-state index contributed by atoms with van der Waals surface area (Å²) in [6.07, 6.45) is 0. The van der Waals surface area contributed by atoms with Crippen LogP contribution in [0.15, 0.2) is 30.3 Å². The van der Waals surface area contributed by atoms with Crippen molar-refractivity contribution >= 4 is 28.5 Å². The van der Waals surface area contributed by atoms with Crippen molar-refractivity contribution in [1.29, 1.82) is 0 Å². The first-order valence-corrected chi connectivity index (χ1v) is 5.78. The molecule has 102 valence electrons. The van der Waals surface area contributed by atoms with E-state index in [4.69, 9.17) is 5.73 Å². The number of aromatic hydroxyl groups is 1. The molecule has 2 aromatic rings. The molecule has 20 heavy (non-hydrogen) atoms. The Labute approximate surface area is 114 Å². The molecule has 3 amide bonds. The Balaban J connectivity index is 2.78. The first kappa shape index (κ1) is 13.5. The van der Waals surface area contributed by atoms with Crippen molar-refractivity contribution < 1.29 is 19.5 Å². The third-order valence-corrected chi connectivity index (χ3v) is 2.82. The molecular weight excluding hydrogens is 260 g/mol. The monoisotopic (exact) mass is 272 g/mol. The van der Waals surface area contributed by atoms with Gasteiger partial charge >= 0.3 is 0 Å². The average molecular weight is 272 g/mol. The third-order valence-electron chi connectivity index (χ3n) is 2.82. The molecule has 0 bridgehead atoms. The number of primary amides is 1. The van der Waals surface area contributed by atoms with Crippen LogP contribution in [0, 0.1) is 0 Å². The van der Waals surface area contributed by atoms with Crippen molar-refractivity contribution in [2.75, 3.05) is 0 Å². The fourth-order valence-corrected chi connectivity index (χ4v) is 2.01. The van der Waals surface area contributed by atoms with Crippen LogP contribution in [0.1, 0.15) is 27.6 Å². The van der Waals surface area contributed by atoms with E-state index in [1.807, 2.05) is 0 Å². The maximum absolute atomic E-state index is 12.0. The van der Waals surface area contributed by atoms with Gasteiger partial charge < -0.3 is 10.8 Å². The molecule has 0 aliphatic carbocycles. The molecule has 0 spiro atoms. The SMILES string of the molecule is CC(=O)NC(=O)c1ccc(O)c2cccc(C(N)=O)c12. The van der Waals surface area contributed by atoms with E-state index >= 15 is 0 Å². The number of nitrogens with two attached hydrogens (primary N) is 1. The molecule has 2 rings (SSSR count). The highest BCUT2D eigenvalue weighted by Gasteiger charge is 2.18. The van der Waals surface area contributed by atoms with Crippen molar-refractivity contribution in [3.8, 4) is 5.75 Å². The van der Waals surface area contributed by atoms with Gasteiger partial charge in [-0.15, -0.1) is 0 Å². The average Bonchev–Trinajstić information content (AvgIpc) is 2.37. The summed E-state index contributed by atoms with van der Waals surface area (Å²) in [6.45, 7) is 1.20. The van der Waals surface area contributed by atoms with Gasteiger partial charge in [0.05, 0.1) is 0 Å². The van der Waals surface area contributed by atoms with Gasteiger partial charge in [-0.05, 0) is 18.2 Å². The van der Waals surface area contributed by atoms with Gasteiger partial charge in [0.1, 0.15) is 5.75 Å². The van der Waals surface area contributed by atoms with Crippen LogP contribution in [0.4, 0.5) is 0 Å². The Morgan fingerprint density at radius 2 is 1.80 bits per heavy atom. The van der Waals surface area contributed by atoms with E-state index in [2.05, 4.69) is 5.32 Å². The molecule has 0 aliphatic rings. The first-order valence-electron chi connectivity index (χ1n) is 5.78. The number of hydrogen-bond donors (Lipinski definition) is 3. The molecule has 0 aromatic heterocycles. The van der Waals surface area contributed by atoms with Crippen LogP contribution in [0.5, 0.6) is 5.75 Å². The second-order valence-corrected chi connectivity index (χ2v) is 4.23. The summed E-state index contributed by atoms with van der Waals surface area (Å²) in [5.74, 6) is -1.98. The number of carbonyl (C=O) groups excluding carboxylic acids is 3. The summed E-state index contributed by atoms with van der Waals surface area (Å²) in [6, 6.07) is 7.22. The highest BCUT2D eigenvalue weighted by molar-refractivity contribution is 6.18. The maximum atomic E-state index is 12.0.